The monoisotopic (exact) mass is 231 g/mol. The molecule has 0 aliphatic heterocycles. The molecule has 0 aliphatic carbocycles. The van der Waals surface area contributed by atoms with Crippen LogP contribution in [0.4, 0.5) is 0 Å². The molecule has 4 nitrogen and oxygen atoms in total. The SMILES string of the molecule is CCC(C)(C)OCCC(NC(C)C)C(=O)O. The molecule has 0 aliphatic rings. The van der Waals surface area contributed by atoms with Crippen LogP contribution in [0.5, 0.6) is 0 Å². The Morgan fingerprint density at radius 2 is 2.00 bits per heavy atom. The Morgan fingerprint density at radius 3 is 2.38 bits per heavy atom. The van der Waals surface area contributed by atoms with Crippen molar-refractivity contribution in [3.05, 3.63) is 0 Å². The number of nitrogens with one attached hydrogen (secondary N) is 1. The smallest absolute Gasteiger partial charge is 0.320 e. The van der Waals surface area contributed by atoms with Crippen LogP contribution in [0.1, 0.15) is 47.5 Å². The minimum absolute atomic E-state index is 0.166. The molecule has 96 valence electrons. The quantitative estimate of drug-likeness (QED) is 0.671. The van der Waals surface area contributed by atoms with Crippen molar-refractivity contribution in [2.75, 3.05) is 6.61 Å². The van der Waals surface area contributed by atoms with Crippen LogP contribution in [0, 0.1) is 0 Å². The molecule has 0 heterocycles. The predicted octanol–water partition coefficient (Wildman–Crippen LogP) is 2.03. The van der Waals surface area contributed by atoms with Gasteiger partial charge in [0.15, 0.2) is 0 Å². The van der Waals surface area contributed by atoms with E-state index >= 15 is 0 Å². The molecule has 2 N–H and O–H groups in total. The lowest BCUT2D eigenvalue weighted by Gasteiger charge is -2.25. The van der Waals surface area contributed by atoms with E-state index in [0.29, 0.717) is 13.0 Å². The van der Waals surface area contributed by atoms with Crippen LogP contribution in [0.25, 0.3) is 0 Å². The molecule has 0 rings (SSSR count). The van der Waals surface area contributed by atoms with E-state index in [1.807, 2.05) is 27.7 Å². The van der Waals surface area contributed by atoms with Crippen LogP contribution in [0.3, 0.4) is 0 Å². The third-order valence-corrected chi connectivity index (χ3v) is 2.58. The van der Waals surface area contributed by atoms with Crippen LogP contribution in [0.2, 0.25) is 0 Å². The first-order valence-electron chi connectivity index (χ1n) is 5.91. The van der Waals surface area contributed by atoms with Gasteiger partial charge >= 0.3 is 5.97 Å². The maximum absolute atomic E-state index is 10.9. The highest BCUT2D eigenvalue weighted by Crippen LogP contribution is 2.14. The molecule has 4 heteroatoms. The summed E-state index contributed by atoms with van der Waals surface area (Å²) in [7, 11) is 0. The molecule has 0 aromatic heterocycles. The Hall–Kier alpha value is -0.610. The van der Waals surface area contributed by atoms with Crippen molar-refractivity contribution in [2.45, 2.75) is 65.1 Å². The van der Waals surface area contributed by atoms with Gasteiger partial charge in [-0.05, 0) is 26.7 Å². The zero-order chi connectivity index (χ0) is 12.8. The van der Waals surface area contributed by atoms with Gasteiger partial charge in [-0.2, -0.15) is 0 Å². The van der Waals surface area contributed by atoms with Gasteiger partial charge in [0.1, 0.15) is 6.04 Å². The lowest BCUT2D eigenvalue weighted by Crippen LogP contribution is -2.42. The van der Waals surface area contributed by atoms with Gasteiger partial charge in [0.05, 0.1) is 5.60 Å². The van der Waals surface area contributed by atoms with Gasteiger partial charge in [0.2, 0.25) is 0 Å². The molecule has 0 amide bonds. The van der Waals surface area contributed by atoms with Gasteiger partial charge in [-0.1, -0.05) is 20.8 Å². The average Bonchev–Trinajstić information content (AvgIpc) is 2.15. The van der Waals surface area contributed by atoms with Crippen molar-refractivity contribution < 1.29 is 14.6 Å². The molecule has 1 unspecified atom stereocenters. The summed E-state index contributed by atoms with van der Waals surface area (Å²) in [6.07, 6.45) is 1.42. The molecule has 0 saturated carbocycles. The number of rotatable bonds is 8. The van der Waals surface area contributed by atoms with Crippen molar-refractivity contribution in [2.24, 2.45) is 0 Å². The molecular formula is C12H25NO3. The average molecular weight is 231 g/mol. The molecule has 0 radical (unpaired) electrons. The van der Waals surface area contributed by atoms with E-state index in [2.05, 4.69) is 12.2 Å². The van der Waals surface area contributed by atoms with Crippen LogP contribution >= 0.6 is 0 Å². The van der Waals surface area contributed by atoms with E-state index in [1.165, 1.54) is 0 Å². The summed E-state index contributed by atoms with van der Waals surface area (Å²) in [5.41, 5.74) is -0.166. The number of ether oxygens (including phenoxy) is 1. The van der Waals surface area contributed by atoms with Gasteiger partial charge in [-0.3, -0.25) is 4.79 Å². The van der Waals surface area contributed by atoms with Gasteiger partial charge in [0, 0.05) is 12.6 Å². The van der Waals surface area contributed by atoms with Crippen LogP contribution in [-0.4, -0.2) is 35.4 Å². The third kappa shape index (κ3) is 6.80. The molecule has 0 spiro atoms. The van der Waals surface area contributed by atoms with Crippen molar-refractivity contribution in [1.29, 1.82) is 0 Å². The fourth-order valence-corrected chi connectivity index (χ4v) is 1.24. The topological polar surface area (TPSA) is 58.6 Å². The molecule has 0 aromatic rings. The highest BCUT2D eigenvalue weighted by atomic mass is 16.5. The third-order valence-electron chi connectivity index (χ3n) is 2.58. The van der Waals surface area contributed by atoms with Crippen LogP contribution in [0.15, 0.2) is 0 Å². The summed E-state index contributed by atoms with van der Waals surface area (Å²) in [4.78, 5) is 10.9. The van der Waals surface area contributed by atoms with Gasteiger partial charge in [-0.15, -0.1) is 0 Å². The first kappa shape index (κ1) is 15.4. The van der Waals surface area contributed by atoms with E-state index in [1.54, 1.807) is 0 Å². The lowest BCUT2D eigenvalue weighted by atomic mass is 10.1. The molecular weight excluding hydrogens is 206 g/mol. The van der Waals surface area contributed by atoms with Crippen LogP contribution in [-0.2, 0) is 9.53 Å². The summed E-state index contributed by atoms with van der Waals surface area (Å²) in [6, 6.07) is -0.354. The van der Waals surface area contributed by atoms with E-state index in [9.17, 15) is 4.79 Å². The lowest BCUT2D eigenvalue weighted by molar-refractivity contribution is -0.140. The summed E-state index contributed by atoms with van der Waals surface area (Å²) in [6.45, 7) is 10.4. The fraction of sp³-hybridized carbons (Fsp3) is 0.917. The number of hydrogen-bond acceptors (Lipinski definition) is 3. The normalized spacial score (nSPS) is 14.1. The predicted molar refractivity (Wildman–Crippen MR) is 64.6 cm³/mol. The second kappa shape index (κ2) is 6.86. The summed E-state index contributed by atoms with van der Waals surface area (Å²) >= 11 is 0. The van der Waals surface area contributed by atoms with E-state index in [-0.39, 0.29) is 11.6 Å². The van der Waals surface area contributed by atoms with Crippen molar-refractivity contribution in [3.63, 3.8) is 0 Å². The number of aliphatic carboxylic acids is 1. The Kier molecular flexibility index (Phi) is 6.60. The van der Waals surface area contributed by atoms with Gasteiger partial charge in [-0.25, -0.2) is 0 Å². The molecule has 0 bridgehead atoms. The number of carboxylic acid groups (broad SMARTS) is 1. The standard InChI is InChI=1S/C12H25NO3/c1-6-12(4,5)16-8-7-10(11(14)15)13-9(2)3/h9-10,13H,6-8H2,1-5H3,(H,14,15). The molecule has 16 heavy (non-hydrogen) atoms. The summed E-state index contributed by atoms with van der Waals surface area (Å²) in [5, 5.41) is 12.0. The minimum Gasteiger partial charge on any atom is -0.480 e. The van der Waals surface area contributed by atoms with Gasteiger partial charge < -0.3 is 15.2 Å². The molecule has 0 aromatic carbocycles. The fourth-order valence-electron chi connectivity index (χ4n) is 1.24. The maximum Gasteiger partial charge on any atom is 0.320 e. The second-order valence-corrected chi connectivity index (χ2v) is 4.96. The Bertz CT molecular complexity index is 214. The van der Waals surface area contributed by atoms with Crippen molar-refractivity contribution in [3.8, 4) is 0 Å². The zero-order valence-electron chi connectivity index (χ0n) is 11.0. The first-order chi connectivity index (χ1) is 7.28. The highest BCUT2D eigenvalue weighted by molar-refractivity contribution is 5.73. The Morgan fingerprint density at radius 1 is 1.44 bits per heavy atom. The largest absolute Gasteiger partial charge is 0.480 e. The summed E-state index contributed by atoms with van der Waals surface area (Å²) in [5.74, 6) is -0.813. The van der Waals surface area contributed by atoms with Crippen molar-refractivity contribution in [1.82, 2.24) is 5.32 Å². The first-order valence-corrected chi connectivity index (χ1v) is 5.91. The summed E-state index contributed by atoms with van der Waals surface area (Å²) < 4.78 is 5.64. The zero-order valence-corrected chi connectivity index (χ0v) is 11.0. The maximum atomic E-state index is 10.9. The van der Waals surface area contributed by atoms with E-state index in [4.69, 9.17) is 9.84 Å². The molecule has 0 saturated heterocycles. The number of carboxylic acids is 1. The molecule has 1 atom stereocenters. The molecule has 0 fully saturated rings. The highest BCUT2D eigenvalue weighted by Gasteiger charge is 2.20. The second-order valence-electron chi connectivity index (χ2n) is 4.96. The Balaban J connectivity index is 3.99. The van der Waals surface area contributed by atoms with Crippen LogP contribution < -0.4 is 5.32 Å². The Labute approximate surface area is 98.4 Å². The minimum atomic E-state index is -0.813. The van der Waals surface area contributed by atoms with E-state index < -0.39 is 12.0 Å². The van der Waals surface area contributed by atoms with Crippen molar-refractivity contribution >= 4 is 5.97 Å². The van der Waals surface area contributed by atoms with Gasteiger partial charge in [0.25, 0.3) is 0 Å². The number of hydrogen-bond donors (Lipinski definition) is 2. The number of carbonyl (C=O) groups is 1. The van der Waals surface area contributed by atoms with E-state index in [0.717, 1.165) is 6.42 Å².